The van der Waals surface area contributed by atoms with Crippen molar-refractivity contribution in [3.05, 3.63) is 29.8 Å². The zero-order valence-electron chi connectivity index (χ0n) is 11.3. The van der Waals surface area contributed by atoms with E-state index < -0.39 is 0 Å². The fraction of sp³-hybridized carbons (Fsp3) is 0.562. The molecule has 1 aliphatic heterocycles. The number of carbonyl (C=O) groups is 1. The van der Waals surface area contributed by atoms with Gasteiger partial charge in [-0.05, 0) is 30.9 Å². The van der Waals surface area contributed by atoms with Gasteiger partial charge in [-0.3, -0.25) is 4.79 Å². The maximum atomic E-state index is 12.3. The van der Waals surface area contributed by atoms with Crippen molar-refractivity contribution in [3.63, 3.8) is 0 Å². The molecule has 102 valence electrons. The molecule has 0 saturated heterocycles. The van der Waals surface area contributed by atoms with Gasteiger partial charge in [-0.25, -0.2) is 0 Å². The number of hydrogen-bond donors (Lipinski definition) is 2. The minimum atomic E-state index is 0.0804. The number of nitrogens with one attached hydrogen (secondary N) is 2. The predicted molar refractivity (Wildman–Crippen MR) is 77.1 cm³/mol. The Balaban J connectivity index is 1.59. The highest BCUT2D eigenvalue weighted by Gasteiger charge is 2.26. The van der Waals surface area contributed by atoms with E-state index in [-0.39, 0.29) is 11.8 Å². The summed E-state index contributed by atoms with van der Waals surface area (Å²) in [5.74, 6) is 0.311. The van der Waals surface area contributed by atoms with Crippen LogP contribution < -0.4 is 10.6 Å². The molecule has 1 aromatic rings. The summed E-state index contributed by atoms with van der Waals surface area (Å²) < 4.78 is 0. The molecule has 2 aliphatic rings. The van der Waals surface area contributed by atoms with Gasteiger partial charge in [0.2, 0.25) is 5.91 Å². The lowest BCUT2D eigenvalue weighted by molar-refractivity contribution is -0.125. The van der Waals surface area contributed by atoms with Crippen LogP contribution in [0.15, 0.2) is 24.3 Å². The van der Waals surface area contributed by atoms with E-state index >= 15 is 0 Å². The Kier molecular flexibility index (Phi) is 3.72. The van der Waals surface area contributed by atoms with Gasteiger partial charge in [-0.2, -0.15) is 0 Å². The Bertz CT molecular complexity index is 452. The SMILES string of the molecule is O=C(NC1CCCCC1)C1CNc2ccccc2C1. The number of hydrogen-bond acceptors (Lipinski definition) is 2. The maximum absolute atomic E-state index is 12.3. The average molecular weight is 258 g/mol. The Hall–Kier alpha value is -1.51. The van der Waals surface area contributed by atoms with Gasteiger partial charge >= 0.3 is 0 Å². The standard InChI is InChI=1S/C16H22N2O/c19-16(18-14-7-2-1-3-8-14)13-10-12-6-4-5-9-15(12)17-11-13/h4-6,9,13-14,17H,1-3,7-8,10-11H2,(H,18,19). The third-order valence-electron chi connectivity index (χ3n) is 4.34. The van der Waals surface area contributed by atoms with Crippen molar-refractivity contribution in [3.8, 4) is 0 Å². The van der Waals surface area contributed by atoms with Crippen LogP contribution in [0.1, 0.15) is 37.7 Å². The minimum absolute atomic E-state index is 0.0804. The summed E-state index contributed by atoms with van der Waals surface area (Å²) in [6, 6.07) is 8.70. The molecule has 1 atom stereocenters. The van der Waals surface area contributed by atoms with E-state index in [1.807, 2.05) is 12.1 Å². The van der Waals surface area contributed by atoms with Gasteiger partial charge in [-0.15, -0.1) is 0 Å². The third-order valence-corrected chi connectivity index (χ3v) is 4.34. The van der Waals surface area contributed by atoms with Gasteiger partial charge in [0, 0.05) is 18.3 Å². The zero-order valence-corrected chi connectivity index (χ0v) is 11.3. The maximum Gasteiger partial charge on any atom is 0.225 e. The topological polar surface area (TPSA) is 41.1 Å². The molecule has 0 aromatic heterocycles. The second kappa shape index (κ2) is 5.64. The van der Waals surface area contributed by atoms with Gasteiger partial charge in [0.25, 0.3) is 0 Å². The Labute approximate surface area is 114 Å². The summed E-state index contributed by atoms with van der Waals surface area (Å²) in [5, 5.41) is 6.61. The van der Waals surface area contributed by atoms with Crippen LogP contribution in [0.25, 0.3) is 0 Å². The molecule has 0 spiro atoms. The Morgan fingerprint density at radius 3 is 2.79 bits per heavy atom. The van der Waals surface area contributed by atoms with Crippen molar-refractivity contribution < 1.29 is 4.79 Å². The van der Waals surface area contributed by atoms with Gasteiger partial charge in [0.05, 0.1) is 5.92 Å². The molecule has 19 heavy (non-hydrogen) atoms. The number of rotatable bonds is 2. The summed E-state index contributed by atoms with van der Waals surface area (Å²) in [6.07, 6.45) is 7.02. The van der Waals surface area contributed by atoms with Crippen molar-refractivity contribution in [1.82, 2.24) is 5.32 Å². The first-order valence-corrected chi connectivity index (χ1v) is 7.45. The fourth-order valence-electron chi connectivity index (χ4n) is 3.19. The molecule has 3 nitrogen and oxygen atoms in total. The number of benzene rings is 1. The summed E-state index contributed by atoms with van der Waals surface area (Å²) in [5.41, 5.74) is 2.45. The highest BCUT2D eigenvalue weighted by Crippen LogP contribution is 2.25. The fourth-order valence-corrected chi connectivity index (χ4v) is 3.19. The number of fused-ring (bicyclic) bond motifs is 1. The monoisotopic (exact) mass is 258 g/mol. The van der Waals surface area contributed by atoms with Crippen LogP contribution in [0, 0.1) is 5.92 Å². The van der Waals surface area contributed by atoms with Crippen LogP contribution in [0.4, 0.5) is 5.69 Å². The first-order valence-electron chi connectivity index (χ1n) is 7.45. The summed E-state index contributed by atoms with van der Waals surface area (Å²) in [6.45, 7) is 0.759. The van der Waals surface area contributed by atoms with Crippen molar-refractivity contribution in [2.75, 3.05) is 11.9 Å². The molecule has 1 saturated carbocycles. The number of carbonyl (C=O) groups excluding carboxylic acids is 1. The minimum Gasteiger partial charge on any atom is -0.384 e. The lowest BCUT2D eigenvalue weighted by Crippen LogP contribution is -2.43. The van der Waals surface area contributed by atoms with Crippen molar-refractivity contribution >= 4 is 11.6 Å². The van der Waals surface area contributed by atoms with Crippen LogP contribution in [0.2, 0.25) is 0 Å². The molecule has 0 radical (unpaired) electrons. The average Bonchev–Trinajstić information content (AvgIpc) is 2.48. The molecule has 3 heteroatoms. The van der Waals surface area contributed by atoms with Gasteiger partial charge in [0.15, 0.2) is 0 Å². The van der Waals surface area contributed by atoms with E-state index in [1.165, 1.54) is 30.5 Å². The normalized spacial score (nSPS) is 23.3. The zero-order chi connectivity index (χ0) is 13.1. The molecular weight excluding hydrogens is 236 g/mol. The molecule has 0 bridgehead atoms. The van der Waals surface area contributed by atoms with Gasteiger partial charge < -0.3 is 10.6 Å². The van der Waals surface area contributed by atoms with Crippen molar-refractivity contribution in [2.45, 2.75) is 44.6 Å². The van der Waals surface area contributed by atoms with Crippen LogP contribution in [0.3, 0.4) is 0 Å². The molecule has 3 rings (SSSR count). The molecule has 2 N–H and O–H groups in total. The second-order valence-electron chi connectivity index (χ2n) is 5.78. The third kappa shape index (κ3) is 2.91. The van der Waals surface area contributed by atoms with E-state index in [2.05, 4.69) is 22.8 Å². The van der Waals surface area contributed by atoms with Crippen LogP contribution in [-0.2, 0) is 11.2 Å². The summed E-state index contributed by atoms with van der Waals surface area (Å²) >= 11 is 0. The Morgan fingerprint density at radius 1 is 1.16 bits per heavy atom. The van der Waals surface area contributed by atoms with E-state index in [9.17, 15) is 4.79 Å². The van der Waals surface area contributed by atoms with Gasteiger partial charge in [-0.1, -0.05) is 37.5 Å². The highest BCUT2D eigenvalue weighted by atomic mass is 16.2. The van der Waals surface area contributed by atoms with Crippen molar-refractivity contribution in [2.24, 2.45) is 5.92 Å². The first kappa shape index (κ1) is 12.5. The van der Waals surface area contributed by atoms with Crippen LogP contribution in [0.5, 0.6) is 0 Å². The number of para-hydroxylation sites is 1. The molecule has 1 heterocycles. The van der Waals surface area contributed by atoms with Crippen LogP contribution in [-0.4, -0.2) is 18.5 Å². The number of amides is 1. The van der Waals surface area contributed by atoms with E-state index in [0.717, 1.165) is 25.8 Å². The van der Waals surface area contributed by atoms with Gasteiger partial charge in [0.1, 0.15) is 0 Å². The highest BCUT2D eigenvalue weighted by molar-refractivity contribution is 5.81. The Morgan fingerprint density at radius 2 is 1.95 bits per heavy atom. The predicted octanol–water partition coefficient (Wildman–Crippen LogP) is 2.72. The van der Waals surface area contributed by atoms with Crippen molar-refractivity contribution in [1.29, 1.82) is 0 Å². The summed E-state index contributed by atoms with van der Waals surface area (Å²) in [4.78, 5) is 12.3. The van der Waals surface area contributed by atoms with E-state index in [4.69, 9.17) is 0 Å². The smallest absolute Gasteiger partial charge is 0.225 e. The second-order valence-corrected chi connectivity index (χ2v) is 5.78. The molecular formula is C16H22N2O. The lowest BCUT2D eigenvalue weighted by Gasteiger charge is -2.29. The quantitative estimate of drug-likeness (QED) is 0.856. The molecule has 1 fully saturated rings. The molecule has 1 amide bonds. The summed E-state index contributed by atoms with van der Waals surface area (Å²) in [7, 11) is 0. The largest absolute Gasteiger partial charge is 0.384 e. The lowest BCUT2D eigenvalue weighted by atomic mass is 9.91. The van der Waals surface area contributed by atoms with E-state index in [1.54, 1.807) is 0 Å². The molecule has 1 aromatic carbocycles. The number of anilines is 1. The molecule has 1 unspecified atom stereocenters. The molecule has 1 aliphatic carbocycles. The van der Waals surface area contributed by atoms with Crippen LogP contribution >= 0.6 is 0 Å². The first-order chi connectivity index (χ1) is 9.33. The van der Waals surface area contributed by atoms with E-state index in [0.29, 0.717) is 6.04 Å².